The first kappa shape index (κ1) is 11.3. The minimum absolute atomic E-state index is 0.0788. The van der Waals surface area contributed by atoms with E-state index in [1.54, 1.807) is 0 Å². The zero-order chi connectivity index (χ0) is 10.8. The smallest absolute Gasteiger partial charge is 0.426 e. The second-order valence-corrected chi connectivity index (χ2v) is 4.50. The van der Waals surface area contributed by atoms with Gasteiger partial charge in [-0.1, -0.05) is 0 Å². The summed E-state index contributed by atoms with van der Waals surface area (Å²) in [5.74, 6) is 5.63. The third-order valence-electron chi connectivity index (χ3n) is 1.97. The van der Waals surface area contributed by atoms with Gasteiger partial charge in [-0.3, -0.25) is 5.32 Å². The van der Waals surface area contributed by atoms with E-state index in [4.69, 9.17) is 10.6 Å². The summed E-state index contributed by atoms with van der Waals surface area (Å²) in [7, 11) is 0. The Morgan fingerprint density at radius 3 is 2.64 bits per heavy atom. The van der Waals surface area contributed by atoms with Crippen molar-refractivity contribution in [3.05, 3.63) is 0 Å². The average molecular weight is 201 g/mol. The molecule has 1 fully saturated rings. The lowest BCUT2D eigenvalue weighted by Gasteiger charge is -2.27. The van der Waals surface area contributed by atoms with E-state index in [2.05, 4.69) is 5.32 Å². The number of nitrogens with one attached hydrogen (secondary N) is 1. The van der Waals surface area contributed by atoms with Crippen molar-refractivity contribution in [2.45, 2.75) is 45.4 Å². The Balaban J connectivity index is 2.43. The first-order valence-electron chi connectivity index (χ1n) is 4.90. The number of amides is 1. The zero-order valence-electron chi connectivity index (χ0n) is 9.04. The molecule has 1 saturated heterocycles. The molecule has 1 amide bonds. The maximum absolute atomic E-state index is 11.5. The Labute approximate surface area is 84.5 Å². The summed E-state index contributed by atoms with van der Waals surface area (Å²) >= 11 is 0. The number of hydrogen-bond donors (Lipinski definition) is 2. The summed E-state index contributed by atoms with van der Waals surface area (Å²) in [5, 5.41) is 4.26. The lowest BCUT2D eigenvalue weighted by atomic mass is 10.2. The Bertz CT molecular complexity index is 207. The Morgan fingerprint density at radius 2 is 2.21 bits per heavy atom. The standard InChI is InChI=1S/C9H19N3O2/c1-9(2,3)14-8(13)12(10)7-5-4-6-11-7/h7,11H,4-6,10H2,1-3H3. The summed E-state index contributed by atoms with van der Waals surface area (Å²) in [6, 6.07) is 0. The van der Waals surface area contributed by atoms with Gasteiger partial charge in [0.05, 0.1) is 0 Å². The monoisotopic (exact) mass is 201 g/mol. The number of carbonyl (C=O) groups is 1. The van der Waals surface area contributed by atoms with Crippen LogP contribution in [0, 0.1) is 0 Å². The highest BCUT2D eigenvalue weighted by Crippen LogP contribution is 2.12. The van der Waals surface area contributed by atoms with Crippen molar-refractivity contribution in [3.8, 4) is 0 Å². The molecule has 0 aromatic heterocycles. The molecule has 1 unspecified atom stereocenters. The molecular formula is C9H19N3O2. The molecule has 0 saturated carbocycles. The Morgan fingerprint density at radius 1 is 1.57 bits per heavy atom. The van der Waals surface area contributed by atoms with Gasteiger partial charge in [-0.2, -0.15) is 0 Å². The number of nitrogens with zero attached hydrogens (tertiary/aromatic N) is 1. The molecule has 82 valence electrons. The van der Waals surface area contributed by atoms with E-state index in [9.17, 15) is 4.79 Å². The van der Waals surface area contributed by atoms with Crippen molar-refractivity contribution < 1.29 is 9.53 Å². The molecule has 5 heteroatoms. The number of carbonyl (C=O) groups excluding carboxylic acids is 1. The van der Waals surface area contributed by atoms with E-state index >= 15 is 0 Å². The molecule has 14 heavy (non-hydrogen) atoms. The molecule has 5 nitrogen and oxygen atoms in total. The van der Waals surface area contributed by atoms with Crippen molar-refractivity contribution in [2.24, 2.45) is 5.84 Å². The Kier molecular flexibility index (Phi) is 3.34. The topological polar surface area (TPSA) is 67.6 Å². The normalized spacial score (nSPS) is 22.1. The third kappa shape index (κ3) is 3.16. The Hall–Kier alpha value is -0.810. The van der Waals surface area contributed by atoms with Crippen molar-refractivity contribution >= 4 is 6.09 Å². The van der Waals surface area contributed by atoms with Crippen LogP contribution in [0.5, 0.6) is 0 Å². The minimum atomic E-state index is -0.493. The van der Waals surface area contributed by atoms with Crippen LogP contribution in [0.25, 0.3) is 0 Å². The molecule has 0 bridgehead atoms. The van der Waals surface area contributed by atoms with E-state index < -0.39 is 11.7 Å². The van der Waals surface area contributed by atoms with Gasteiger partial charge in [0.15, 0.2) is 0 Å². The molecule has 1 heterocycles. The van der Waals surface area contributed by atoms with Gasteiger partial charge in [-0.15, -0.1) is 0 Å². The zero-order valence-corrected chi connectivity index (χ0v) is 9.04. The quantitative estimate of drug-likeness (QED) is 0.374. The van der Waals surface area contributed by atoms with Gasteiger partial charge >= 0.3 is 6.09 Å². The molecule has 0 aromatic carbocycles. The van der Waals surface area contributed by atoms with Crippen LogP contribution in [-0.2, 0) is 4.74 Å². The van der Waals surface area contributed by atoms with Crippen molar-refractivity contribution in [2.75, 3.05) is 6.54 Å². The molecular weight excluding hydrogens is 182 g/mol. The first-order valence-corrected chi connectivity index (χ1v) is 4.90. The van der Waals surface area contributed by atoms with Crippen LogP contribution in [0.15, 0.2) is 0 Å². The molecule has 1 rings (SSSR count). The highest BCUT2D eigenvalue weighted by molar-refractivity contribution is 5.67. The van der Waals surface area contributed by atoms with Gasteiger partial charge in [-0.05, 0) is 40.2 Å². The molecule has 0 aliphatic carbocycles. The van der Waals surface area contributed by atoms with Crippen LogP contribution in [0.1, 0.15) is 33.6 Å². The fourth-order valence-corrected chi connectivity index (χ4v) is 1.35. The lowest BCUT2D eigenvalue weighted by Crippen LogP contribution is -2.51. The predicted octanol–water partition coefficient (Wildman–Crippen LogP) is 0.807. The molecule has 1 aliphatic heterocycles. The van der Waals surface area contributed by atoms with E-state index in [1.165, 1.54) is 0 Å². The fourth-order valence-electron chi connectivity index (χ4n) is 1.35. The van der Waals surface area contributed by atoms with Crippen molar-refractivity contribution in [1.29, 1.82) is 0 Å². The van der Waals surface area contributed by atoms with E-state index in [0.29, 0.717) is 0 Å². The van der Waals surface area contributed by atoms with E-state index in [1.807, 2.05) is 20.8 Å². The fraction of sp³-hybridized carbons (Fsp3) is 0.889. The van der Waals surface area contributed by atoms with Crippen molar-refractivity contribution in [1.82, 2.24) is 10.3 Å². The minimum Gasteiger partial charge on any atom is -0.443 e. The maximum Gasteiger partial charge on any atom is 0.426 e. The van der Waals surface area contributed by atoms with E-state index in [0.717, 1.165) is 24.4 Å². The molecule has 1 aliphatic rings. The summed E-state index contributed by atoms with van der Waals surface area (Å²) in [6.07, 6.45) is 1.37. The van der Waals surface area contributed by atoms with Gasteiger partial charge in [0.1, 0.15) is 11.8 Å². The molecule has 3 N–H and O–H groups in total. The average Bonchev–Trinajstić information content (AvgIpc) is 2.51. The lowest BCUT2D eigenvalue weighted by molar-refractivity contribution is 0.0141. The number of nitrogens with two attached hydrogens (primary N) is 1. The van der Waals surface area contributed by atoms with Crippen LogP contribution < -0.4 is 11.2 Å². The number of rotatable bonds is 1. The third-order valence-corrected chi connectivity index (χ3v) is 1.97. The second kappa shape index (κ2) is 4.14. The predicted molar refractivity (Wildman–Crippen MR) is 53.3 cm³/mol. The van der Waals surface area contributed by atoms with Crippen molar-refractivity contribution in [3.63, 3.8) is 0 Å². The highest BCUT2D eigenvalue weighted by Gasteiger charge is 2.27. The van der Waals surface area contributed by atoms with Crippen LogP contribution >= 0.6 is 0 Å². The van der Waals surface area contributed by atoms with Gasteiger partial charge < -0.3 is 4.74 Å². The van der Waals surface area contributed by atoms with Crippen LogP contribution in [0.2, 0.25) is 0 Å². The summed E-state index contributed by atoms with van der Waals surface area (Å²) in [4.78, 5) is 11.5. The first-order chi connectivity index (χ1) is 6.40. The largest absolute Gasteiger partial charge is 0.443 e. The highest BCUT2D eigenvalue weighted by atomic mass is 16.6. The number of ether oxygens (including phenoxy) is 1. The molecule has 0 aromatic rings. The van der Waals surface area contributed by atoms with Gasteiger partial charge in [0, 0.05) is 0 Å². The number of hydrazine groups is 1. The number of hydrogen-bond acceptors (Lipinski definition) is 4. The van der Waals surface area contributed by atoms with Crippen LogP contribution in [-0.4, -0.2) is 29.4 Å². The molecule has 0 radical (unpaired) electrons. The molecule has 0 spiro atoms. The van der Waals surface area contributed by atoms with Gasteiger partial charge in [0.2, 0.25) is 0 Å². The van der Waals surface area contributed by atoms with Crippen LogP contribution in [0.3, 0.4) is 0 Å². The second-order valence-electron chi connectivity index (χ2n) is 4.50. The SMILES string of the molecule is CC(C)(C)OC(=O)N(N)C1CCCN1. The van der Waals surface area contributed by atoms with Crippen LogP contribution in [0.4, 0.5) is 4.79 Å². The van der Waals surface area contributed by atoms with Gasteiger partial charge in [0.25, 0.3) is 0 Å². The summed E-state index contributed by atoms with van der Waals surface area (Å²) < 4.78 is 5.13. The summed E-state index contributed by atoms with van der Waals surface area (Å²) in [6.45, 7) is 6.36. The van der Waals surface area contributed by atoms with Gasteiger partial charge in [-0.25, -0.2) is 15.6 Å². The maximum atomic E-state index is 11.5. The molecule has 1 atom stereocenters. The summed E-state index contributed by atoms with van der Waals surface area (Å²) in [5.41, 5.74) is -0.493. The van der Waals surface area contributed by atoms with E-state index in [-0.39, 0.29) is 6.17 Å².